The number of ether oxygens (including phenoxy) is 2. The second kappa shape index (κ2) is 11.7. The van der Waals surface area contributed by atoms with Crippen LogP contribution in [0.4, 0.5) is 0 Å². The number of amides is 1. The minimum atomic E-state index is -0.0955. The van der Waals surface area contributed by atoms with E-state index in [1.54, 1.807) is 27.3 Å². The minimum absolute atomic E-state index is 0.0698. The van der Waals surface area contributed by atoms with Crippen LogP contribution in [0.5, 0.6) is 11.5 Å². The number of hydrogen-bond acceptors (Lipinski definition) is 4. The van der Waals surface area contributed by atoms with Gasteiger partial charge in [0.15, 0.2) is 11.5 Å². The molecule has 5 heteroatoms. The SMILES string of the molecule is CC#Cc1cc(C(=O)N[C@H](C)CCCc2cccnc2)ccc1-c1ccc(OC)c(OC)c1. The van der Waals surface area contributed by atoms with Gasteiger partial charge in [-0.25, -0.2) is 0 Å². The Bertz CT molecular complexity index is 1150. The Hall–Kier alpha value is -3.78. The Morgan fingerprint density at radius 2 is 1.91 bits per heavy atom. The Balaban J connectivity index is 1.71. The summed E-state index contributed by atoms with van der Waals surface area (Å²) in [5.74, 6) is 7.30. The van der Waals surface area contributed by atoms with Gasteiger partial charge in [-0.05, 0) is 80.1 Å². The molecule has 1 aromatic heterocycles. The highest BCUT2D eigenvalue weighted by molar-refractivity contribution is 5.95. The molecule has 0 aliphatic heterocycles. The number of aromatic nitrogens is 1. The molecular formula is C28H30N2O3. The average Bonchev–Trinajstić information content (AvgIpc) is 2.84. The van der Waals surface area contributed by atoms with E-state index in [1.807, 2.05) is 55.6 Å². The molecule has 0 radical (unpaired) electrons. The standard InChI is InChI=1S/C28H30N2O3/c1-5-8-22-17-24(12-14-25(22)23-13-15-26(32-3)27(18-23)33-4)28(31)30-20(2)9-6-10-21-11-7-16-29-19-21/h7,11-20H,6,9-10H2,1-4H3,(H,30,31)/t20-/m1/s1. The van der Waals surface area contributed by atoms with Crippen molar-refractivity contribution in [2.45, 2.75) is 39.2 Å². The molecule has 3 rings (SSSR count). The molecule has 2 aromatic carbocycles. The minimum Gasteiger partial charge on any atom is -0.493 e. The monoisotopic (exact) mass is 442 g/mol. The maximum Gasteiger partial charge on any atom is 0.251 e. The number of carbonyl (C=O) groups excluding carboxylic acids is 1. The van der Waals surface area contributed by atoms with E-state index < -0.39 is 0 Å². The maximum absolute atomic E-state index is 12.9. The molecule has 0 saturated heterocycles. The van der Waals surface area contributed by atoms with Crippen LogP contribution in [0.3, 0.4) is 0 Å². The summed E-state index contributed by atoms with van der Waals surface area (Å²) in [4.78, 5) is 17.0. The molecule has 0 fully saturated rings. The third-order valence-corrected chi connectivity index (χ3v) is 5.44. The van der Waals surface area contributed by atoms with Gasteiger partial charge in [0, 0.05) is 29.6 Å². The highest BCUT2D eigenvalue weighted by atomic mass is 16.5. The first-order chi connectivity index (χ1) is 16.0. The fraction of sp³-hybridized carbons (Fsp3) is 0.286. The Morgan fingerprint density at radius 3 is 2.61 bits per heavy atom. The van der Waals surface area contributed by atoms with Crippen LogP contribution in [0.2, 0.25) is 0 Å². The molecule has 1 heterocycles. The number of nitrogens with zero attached hydrogens (tertiary/aromatic N) is 1. The van der Waals surface area contributed by atoms with E-state index >= 15 is 0 Å². The molecule has 1 atom stereocenters. The van der Waals surface area contributed by atoms with Gasteiger partial charge in [-0.3, -0.25) is 9.78 Å². The van der Waals surface area contributed by atoms with Crippen molar-refractivity contribution in [1.82, 2.24) is 10.3 Å². The lowest BCUT2D eigenvalue weighted by Gasteiger charge is -2.15. The van der Waals surface area contributed by atoms with Crippen molar-refractivity contribution in [2.24, 2.45) is 0 Å². The summed E-state index contributed by atoms with van der Waals surface area (Å²) in [6, 6.07) is 15.5. The fourth-order valence-corrected chi connectivity index (χ4v) is 3.72. The van der Waals surface area contributed by atoms with Crippen LogP contribution >= 0.6 is 0 Å². The van der Waals surface area contributed by atoms with Crippen LogP contribution < -0.4 is 14.8 Å². The van der Waals surface area contributed by atoms with Gasteiger partial charge in [0.1, 0.15) is 0 Å². The molecule has 1 amide bonds. The quantitative estimate of drug-likeness (QED) is 0.458. The van der Waals surface area contributed by atoms with Gasteiger partial charge in [0.2, 0.25) is 0 Å². The van der Waals surface area contributed by atoms with Crippen LogP contribution in [0, 0.1) is 11.8 Å². The summed E-state index contributed by atoms with van der Waals surface area (Å²) in [6.07, 6.45) is 6.49. The van der Waals surface area contributed by atoms with Gasteiger partial charge < -0.3 is 14.8 Å². The number of aryl methyl sites for hydroxylation is 1. The summed E-state index contributed by atoms with van der Waals surface area (Å²) in [5.41, 5.74) is 4.48. The number of nitrogens with one attached hydrogen (secondary N) is 1. The van der Waals surface area contributed by atoms with Crippen LogP contribution in [0.15, 0.2) is 60.9 Å². The van der Waals surface area contributed by atoms with Gasteiger partial charge in [-0.2, -0.15) is 0 Å². The molecule has 0 spiro atoms. The molecule has 33 heavy (non-hydrogen) atoms. The molecular weight excluding hydrogens is 412 g/mol. The van der Waals surface area contributed by atoms with Crippen molar-refractivity contribution in [3.8, 4) is 34.5 Å². The topological polar surface area (TPSA) is 60.5 Å². The zero-order chi connectivity index (χ0) is 23.6. The highest BCUT2D eigenvalue weighted by Crippen LogP contribution is 2.33. The second-order valence-electron chi connectivity index (χ2n) is 7.83. The molecule has 1 N–H and O–H groups in total. The van der Waals surface area contributed by atoms with E-state index in [0.717, 1.165) is 36.0 Å². The van der Waals surface area contributed by atoms with E-state index in [4.69, 9.17) is 9.47 Å². The summed E-state index contributed by atoms with van der Waals surface area (Å²) < 4.78 is 10.8. The number of carbonyl (C=O) groups is 1. The number of pyridine rings is 1. The first-order valence-electron chi connectivity index (χ1n) is 11.0. The zero-order valence-electron chi connectivity index (χ0n) is 19.6. The Morgan fingerprint density at radius 1 is 1.09 bits per heavy atom. The van der Waals surface area contributed by atoms with Crippen molar-refractivity contribution in [3.63, 3.8) is 0 Å². The molecule has 0 aliphatic rings. The lowest BCUT2D eigenvalue weighted by atomic mass is 9.97. The van der Waals surface area contributed by atoms with Crippen molar-refractivity contribution in [1.29, 1.82) is 0 Å². The van der Waals surface area contributed by atoms with Gasteiger partial charge in [-0.15, -0.1) is 5.92 Å². The van der Waals surface area contributed by atoms with Crippen molar-refractivity contribution in [2.75, 3.05) is 14.2 Å². The summed E-state index contributed by atoms with van der Waals surface area (Å²) in [5, 5.41) is 3.11. The smallest absolute Gasteiger partial charge is 0.251 e. The van der Waals surface area contributed by atoms with Crippen molar-refractivity contribution >= 4 is 5.91 Å². The molecule has 170 valence electrons. The molecule has 3 aromatic rings. The van der Waals surface area contributed by atoms with E-state index in [2.05, 4.69) is 28.2 Å². The van der Waals surface area contributed by atoms with E-state index in [0.29, 0.717) is 17.1 Å². The van der Waals surface area contributed by atoms with Crippen LogP contribution in [0.1, 0.15) is 48.2 Å². The van der Waals surface area contributed by atoms with Gasteiger partial charge >= 0.3 is 0 Å². The van der Waals surface area contributed by atoms with Crippen LogP contribution in [-0.4, -0.2) is 31.2 Å². The molecule has 0 saturated carbocycles. The molecule has 0 unspecified atom stereocenters. The largest absolute Gasteiger partial charge is 0.493 e. The summed E-state index contributed by atoms with van der Waals surface area (Å²) in [7, 11) is 3.22. The van der Waals surface area contributed by atoms with Gasteiger partial charge in [-0.1, -0.05) is 24.1 Å². The van der Waals surface area contributed by atoms with Crippen LogP contribution in [0.25, 0.3) is 11.1 Å². The lowest BCUT2D eigenvalue weighted by Crippen LogP contribution is -2.32. The van der Waals surface area contributed by atoms with E-state index in [-0.39, 0.29) is 11.9 Å². The van der Waals surface area contributed by atoms with Crippen molar-refractivity contribution in [3.05, 3.63) is 77.6 Å². The Kier molecular flexibility index (Phi) is 8.49. The first kappa shape index (κ1) is 23.9. The van der Waals surface area contributed by atoms with Crippen molar-refractivity contribution < 1.29 is 14.3 Å². The van der Waals surface area contributed by atoms with Crippen LogP contribution in [-0.2, 0) is 6.42 Å². The highest BCUT2D eigenvalue weighted by Gasteiger charge is 2.14. The van der Waals surface area contributed by atoms with Gasteiger partial charge in [0.05, 0.1) is 14.2 Å². The van der Waals surface area contributed by atoms with Gasteiger partial charge in [0.25, 0.3) is 5.91 Å². The van der Waals surface area contributed by atoms with E-state index in [9.17, 15) is 4.79 Å². The average molecular weight is 443 g/mol. The molecule has 0 bridgehead atoms. The second-order valence-corrected chi connectivity index (χ2v) is 7.83. The lowest BCUT2D eigenvalue weighted by molar-refractivity contribution is 0.0938. The molecule has 5 nitrogen and oxygen atoms in total. The Labute approximate surface area is 196 Å². The number of hydrogen-bond donors (Lipinski definition) is 1. The predicted octanol–water partition coefficient (Wildman–Crippen LogP) is 5.28. The summed E-state index contributed by atoms with van der Waals surface area (Å²) in [6.45, 7) is 3.82. The van der Waals surface area contributed by atoms with E-state index in [1.165, 1.54) is 5.56 Å². The third-order valence-electron chi connectivity index (χ3n) is 5.44. The fourth-order valence-electron chi connectivity index (χ4n) is 3.72. The third kappa shape index (κ3) is 6.36. The number of benzene rings is 2. The maximum atomic E-state index is 12.9. The normalized spacial score (nSPS) is 11.2. The first-order valence-corrected chi connectivity index (χ1v) is 11.0. The summed E-state index contributed by atoms with van der Waals surface area (Å²) >= 11 is 0. The number of methoxy groups -OCH3 is 2. The number of rotatable bonds is 9. The predicted molar refractivity (Wildman–Crippen MR) is 132 cm³/mol. The molecule has 0 aliphatic carbocycles. The zero-order valence-corrected chi connectivity index (χ0v) is 19.6.